The Morgan fingerprint density at radius 2 is 2.12 bits per heavy atom. The van der Waals surface area contributed by atoms with E-state index in [2.05, 4.69) is 10.2 Å². The first-order chi connectivity index (χ1) is 12.7. The quantitative estimate of drug-likeness (QED) is 0.682. The molecule has 0 bridgehead atoms. The maximum Gasteiger partial charge on any atom is 0.264 e. The van der Waals surface area contributed by atoms with Crippen LogP contribution in [0.4, 0.5) is 0 Å². The summed E-state index contributed by atoms with van der Waals surface area (Å²) < 4.78 is 11.6. The molecular formula is C19H19N3O3S. The number of carbonyl (C=O) groups is 1. The van der Waals surface area contributed by atoms with Gasteiger partial charge < -0.3 is 14.1 Å². The molecule has 0 aliphatic carbocycles. The number of para-hydroxylation sites is 1. The second kappa shape index (κ2) is 7.29. The van der Waals surface area contributed by atoms with E-state index in [9.17, 15) is 4.79 Å². The van der Waals surface area contributed by atoms with Crippen molar-refractivity contribution in [3.8, 4) is 16.5 Å². The van der Waals surface area contributed by atoms with Gasteiger partial charge in [-0.1, -0.05) is 24.3 Å². The van der Waals surface area contributed by atoms with Crippen molar-refractivity contribution in [2.75, 3.05) is 6.54 Å². The highest BCUT2D eigenvalue weighted by atomic mass is 32.1. The minimum absolute atomic E-state index is 0.0628. The number of amides is 1. The van der Waals surface area contributed by atoms with Crippen LogP contribution in [0.15, 0.2) is 52.3 Å². The Labute approximate surface area is 155 Å². The normalized spacial score (nSPS) is 18.0. The van der Waals surface area contributed by atoms with Crippen LogP contribution in [0, 0.1) is 0 Å². The third kappa shape index (κ3) is 3.35. The zero-order valence-electron chi connectivity index (χ0n) is 14.4. The summed E-state index contributed by atoms with van der Waals surface area (Å²) in [6.45, 7) is 2.44. The highest BCUT2D eigenvalue weighted by molar-refractivity contribution is 7.13. The SMILES string of the molecule is CC(Oc1ccccc1)C(=O)N1CCCC1c1nnc(-c2cccs2)o1. The Balaban J connectivity index is 1.48. The van der Waals surface area contributed by atoms with Crippen LogP contribution >= 0.6 is 11.3 Å². The van der Waals surface area contributed by atoms with Gasteiger partial charge in [0.15, 0.2) is 6.10 Å². The summed E-state index contributed by atoms with van der Waals surface area (Å²) in [6, 6.07) is 13.1. The zero-order valence-corrected chi connectivity index (χ0v) is 15.2. The van der Waals surface area contributed by atoms with Gasteiger partial charge in [0.1, 0.15) is 11.8 Å². The fourth-order valence-corrected chi connectivity index (χ4v) is 3.79. The maximum atomic E-state index is 12.9. The van der Waals surface area contributed by atoms with E-state index in [0.29, 0.717) is 24.1 Å². The number of carbonyl (C=O) groups excluding carboxylic acids is 1. The second-order valence-corrected chi connectivity index (χ2v) is 7.13. The van der Waals surface area contributed by atoms with Crippen LogP contribution < -0.4 is 4.74 Å². The van der Waals surface area contributed by atoms with Gasteiger partial charge in [-0.2, -0.15) is 0 Å². The molecule has 3 heterocycles. The molecule has 0 radical (unpaired) electrons. The molecule has 1 fully saturated rings. The van der Waals surface area contributed by atoms with Crippen LogP contribution in [-0.2, 0) is 4.79 Å². The lowest BCUT2D eigenvalue weighted by molar-refractivity contribution is -0.139. The van der Waals surface area contributed by atoms with Crippen LogP contribution in [0.3, 0.4) is 0 Å². The van der Waals surface area contributed by atoms with Crippen molar-refractivity contribution < 1.29 is 13.9 Å². The monoisotopic (exact) mass is 369 g/mol. The first-order valence-electron chi connectivity index (χ1n) is 8.62. The van der Waals surface area contributed by atoms with Crippen molar-refractivity contribution in [3.05, 3.63) is 53.7 Å². The molecule has 1 aliphatic heterocycles. The van der Waals surface area contributed by atoms with Crippen LogP contribution in [0.5, 0.6) is 5.75 Å². The average molecular weight is 369 g/mol. The van der Waals surface area contributed by atoms with Crippen LogP contribution in [-0.4, -0.2) is 33.7 Å². The van der Waals surface area contributed by atoms with Crippen molar-refractivity contribution in [1.82, 2.24) is 15.1 Å². The summed E-state index contributed by atoms with van der Waals surface area (Å²) in [5.41, 5.74) is 0. The van der Waals surface area contributed by atoms with E-state index >= 15 is 0 Å². The van der Waals surface area contributed by atoms with Gasteiger partial charge in [-0.3, -0.25) is 4.79 Å². The molecule has 7 heteroatoms. The number of nitrogens with zero attached hydrogens (tertiary/aromatic N) is 3. The largest absolute Gasteiger partial charge is 0.481 e. The standard InChI is InChI=1S/C19H19N3O3S/c1-13(24-14-7-3-2-4-8-14)19(23)22-11-5-9-15(22)17-20-21-18(25-17)16-10-6-12-26-16/h2-4,6-8,10,12-13,15H,5,9,11H2,1H3. The fraction of sp³-hybridized carbons (Fsp3) is 0.316. The smallest absolute Gasteiger partial charge is 0.264 e. The van der Waals surface area contributed by atoms with Crippen molar-refractivity contribution in [2.24, 2.45) is 0 Å². The Hall–Kier alpha value is -2.67. The van der Waals surface area contributed by atoms with Crippen molar-refractivity contribution in [3.63, 3.8) is 0 Å². The lowest BCUT2D eigenvalue weighted by Gasteiger charge is -2.25. The van der Waals surface area contributed by atoms with Crippen molar-refractivity contribution in [1.29, 1.82) is 0 Å². The topological polar surface area (TPSA) is 68.5 Å². The molecule has 0 saturated carbocycles. The van der Waals surface area contributed by atoms with E-state index in [1.807, 2.05) is 47.8 Å². The number of rotatable bonds is 5. The molecule has 6 nitrogen and oxygen atoms in total. The molecule has 2 atom stereocenters. The Morgan fingerprint density at radius 1 is 1.27 bits per heavy atom. The van der Waals surface area contributed by atoms with Gasteiger partial charge in [-0.15, -0.1) is 21.5 Å². The van der Waals surface area contributed by atoms with Gasteiger partial charge in [0.05, 0.1) is 4.88 Å². The molecule has 2 unspecified atom stereocenters. The van der Waals surface area contributed by atoms with Gasteiger partial charge >= 0.3 is 0 Å². The Morgan fingerprint density at radius 3 is 2.88 bits per heavy atom. The summed E-state index contributed by atoms with van der Waals surface area (Å²) in [7, 11) is 0. The number of likely N-dealkylation sites (tertiary alicyclic amines) is 1. The average Bonchev–Trinajstić information content (AvgIpc) is 3.41. The zero-order chi connectivity index (χ0) is 17.9. The lowest BCUT2D eigenvalue weighted by Crippen LogP contribution is -2.40. The number of ether oxygens (including phenoxy) is 1. The Kier molecular flexibility index (Phi) is 4.71. The lowest BCUT2D eigenvalue weighted by atomic mass is 10.2. The molecule has 1 aliphatic rings. The number of benzene rings is 1. The molecule has 1 amide bonds. The minimum Gasteiger partial charge on any atom is -0.481 e. The molecule has 26 heavy (non-hydrogen) atoms. The minimum atomic E-state index is -0.572. The predicted molar refractivity (Wildman–Crippen MR) is 97.8 cm³/mol. The predicted octanol–water partition coefficient (Wildman–Crippen LogP) is 3.93. The van der Waals surface area contributed by atoms with Gasteiger partial charge in [-0.05, 0) is 43.3 Å². The highest BCUT2D eigenvalue weighted by Gasteiger charge is 2.36. The van der Waals surface area contributed by atoms with Gasteiger partial charge in [0, 0.05) is 6.54 Å². The van der Waals surface area contributed by atoms with Gasteiger partial charge in [0.25, 0.3) is 11.8 Å². The fourth-order valence-electron chi connectivity index (χ4n) is 3.14. The van der Waals surface area contributed by atoms with Crippen LogP contribution in [0.2, 0.25) is 0 Å². The molecular weight excluding hydrogens is 350 g/mol. The molecule has 134 valence electrons. The number of thiophene rings is 1. The first-order valence-corrected chi connectivity index (χ1v) is 9.50. The molecule has 3 aromatic rings. The number of aromatic nitrogens is 2. The molecule has 2 aromatic heterocycles. The van der Waals surface area contributed by atoms with E-state index in [1.54, 1.807) is 23.2 Å². The van der Waals surface area contributed by atoms with Gasteiger partial charge in [0.2, 0.25) is 5.89 Å². The highest BCUT2D eigenvalue weighted by Crippen LogP contribution is 2.34. The van der Waals surface area contributed by atoms with E-state index in [1.165, 1.54) is 0 Å². The van der Waals surface area contributed by atoms with E-state index < -0.39 is 6.10 Å². The maximum absolute atomic E-state index is 12.9. The van der Waals surface area contributed by atoms with E-state index in [-0.39, 0.29) is 11.9 Å². The first kappa shape index (κ1) is 16.8. The summed E-state index contributed by atoms with van der Waals surface area (Å²) in [4.78, 5) is 15.6. The molecule has 1 saturated heterocycles. The molecule has 0 spiro atoms. The number of hydrogen-bond donors (Lipinski definition) is 0. The number of hydrogen-bond acceptors (Lipinski definition) is 6. The third-order valence-corrected chi connectivity index (χ3v) is 5.26. The summed E-state index contributed by atoms with van der Waals surface area (Å²) in [5, 5.41) is 10.3. The molecule has 1 aromatic carbocycles. The second-order valence-electron chi connectivity index (χ2n) is 6.19. The molecule has 4 rings (SSSR count). The Bertz CT molecular complexity index is 863. The summed E-state index contributed by atoms with van der Waals surface area (Å²) >= 11 is 1.55. The van der Waals surface area contributed by atoms with Crippen LogP contribution in [0.1, 0.15) is 31.7 Å². The van der Waals surface area contributed by atoms with Crippen molar-refractivity contribution in [2.45, 2.75) is 31.9 Å². The summed E-state index contributed by atoms with van der Waals surface area (Å²) in [5.74, 6) is 1.61. The van der Waals surface area contributed by atoms with Gasteiger partial charge in [-0.25, -0.2) is 0 Å². The third-order valence-electron chi connectivity index (χ3n) is 4.40. The van der Waals surface area contributed by atoms with E-state index in [4.69, 9.17) is 9.15 Å². The van der Waals surface area contributed by atoms with E-state index in [0.717, 1.165) is 17.7 Å². The molecule has 0 N–H and O–H groups in total. The summed E-state index contributed by atoms with van der Waals surface area (Å²) in [6.07, 6.45) is 1.15. The van der Waals surface area contributed by atoms with Crippen molar-refractivity contribution >= 4 is 17.2 Å². The van der Waals surface area contributed by atoms with Crippen LogP contribution in [0.25, 0.3) is 10.8 Å².